The van der Waals surface area contributed by atoms with E-state index in [0.29, 0.717) is 12.8 Å². The van der Waals surface area contributed by atoms with Crippen LogP contribution in [0.15, 0.2) is 0 Å². The molecule has 14 heavy (non-hydrogen) atoms. The number of carbonyl (C=O) groups is 2. The van der Waals surface area contributed by atoms with Gasteiger partial charge >= 0.3 is 11.9 Å². The highest BCUT2D eigenvalue weighted by Crippen LogP contribution is 2.13. The van der Waals surface area contributed by atoms with Crippen molar-refractivity contribution in [2.45, 2.75) is 39.0 Å². The van der Waals surface area contributed by atoms with Crippen molar-refractivity contribution >= 4 is 11.9 Å². The molecule has 0 rings (SSSR count). The summed E-state index contributed by atoms with van der Waals surface area (Å²) in [5, 5.41) is 8.39. The van der Waals surface area contributed by atoms with Crippen LogP contribution in [0.3, 0.4) is 0 Å². The normalized spacial score (nSPS) is 12.1. The molecular weight excluding hydrogens is 184 g/mol. The Labute approximate surface area is 84.3 Å². The summed E-state index contributed by atoms with van der Waals surface area (Å²) in [7, 11) is 1.37. The molecule has 1 N–H and O–H groups in total. The van der Waals surface area contributed by atoms with E-state index in [1.807, 2.05) is 6.92 Å². The third kappa shape index (κ3) is 7.58. The number of esters is 1. The van der Waals surface area contributed by atoms with Crippen LogP contribution in [0.1, 0.15) is 39.0 Å². The molecule has 0 saturated carbocycles. The van der Waals surface area contributed by atoms with Gasteiger partial charge < -0.3 is 9.84 Å². The molecule has 0 aliphatic rings. The molecule has 0 amide bonds. The first-order chi connectivity index (χ1) is 6.56. The fraction of sp³-hybridized carbons (Fsp3) is 0.800. The second-order valence-electron chi connectivity index (χ2n) is 3.52. The van der Waals surface area contributed by atoms with Gasteiger partial charge in [0.15, 0.2) is 0 Å². The maximum atomic E-state index is 10.8. The zero-order chi connectivity index (χ0) is 11.0. The average Bonchev–Trinajstić information content (AvgIpc) is 2.12. The zero-order valence-corrected chi connectivity index (χ0v) is 8.78. The molecule has 0 heterocycles. The number of hydrogen-bond acceptors (Lipinski definition) is 3. The number of carboxylic acid groups (broad SMARTS) is 1. The molecule has 0 radical (unpaired) electrons. The molecule has 1 atom stereocenters. The molecule has 0 aromatic carbocycles. The van der Waals surface area contributed by atoms with Crippen molar-refractivity contribution in [3.8, 4) is 0 Å². The third-order valence-electron chi connectivity index (χ3n) is 2.08. The smallest absolute Gasteiger partial charge is 0.305 e. The van der Waals surface area contributed by atoms with Gasteiger partial charge in [-0.2, -0.15) is 0 Å². The maximum Gasteiger partial charge on any atom is 0.305 e. The van der Waals surface area contributed by atoms with Gasteiger partial charge in [-0.05, 0) is 12.3 Å². The van der Waals surface area contributed by atoms with Gasteiger partial charge in [-0.15, -0.1) is 0 Å². The molecule has 0 aliphatic heterocycles. The van der Waals surface area contributed by atoms with Crippen LogP contribution in [-0.2, 0) is 14.3 Å². The van der Waals surface area contributed by atoms with Crippen molar-refractivity contribution in [2.75, 3.05) is 7.11 Å². The van der Waals surface area contributed by atoms with Crippen molar-refractivity contribution < 1.29 is 19.4 Å². The Balaban J connectivity index is 3.39. The van der Waals surface area contributed by atoms with Crippen LogP contribution in [-0.4, -0.2) is 24.2 Å². The van der Waals surface area contributed by atoms with E-state index < -0.39 is 5.97 Å². The fourth-order valence-corrected chi connectivity index (χ4v) is 1.24. The van der Waals surface area contributed by atoms with Gasteiger partial charge in [-0.3, -0.25) is 9.59 Å². The van der Waals surface area contributed by atoms with E-state index in [9.17, 15) is 9.59 Å². The predicted octanol–water partition coefficient (Wildman–Crippen LogP) is 1.83. The van der Waals surface area contributed by atoms with Gasteiger partial charge in [-0.1, -0.05) is 19.8 Å². The molecule has 0 fully saturated rings. The summed E-state index contributed by atoms with van der Waals surface area (Å²) in [5.74, 6) is -0.683. The molecule has 0 aliphatic carbocycles. The van der Waals surface area contributed by atoms with Gasteiger partial charge in [-0.25, -0.2) is 0 Å². The summed E-state index contributed by atoms with van der Waals surface area (Å²) in [6, 6.07) is 0. The lowest BCUT2D eigenvalue weighted by Crippen LogP contribution is -2.07. The second-order valence-corrected chi connectivity index (χ2v) is 3.52. The SMILES string of the molecule is COC(=O)C[C@@H](C)CCCCC(=O)O. The minimum absolute atomic E-state index is 0.198. The highest BCUT2D eigenvalue weighted by molar-refractivity contribution is 5.69. The van der Waals surface area contributed by atoms with Crippen LogP contribution in [0.4, 0.5) is 0 Å². The highest BCUT2D eigenvalue weighted by atomic mass is 16.5. The van der Waals surface area contributed by atoms with Crippen LogP contribution in [0.2, 0.25) is 0 Å². The number of carboxylic acids is 1. The summed E-state index contributed by atoms with van der Waals surface area (Å²) >= 11 is 0. The molecular formula is C10H18O4. The Morgan fingerprint density at radius 2 is 2.00 bits per heavy atom. The van der Waals surface area contributed by atoms with E-state index in [-0.39, 0.29) is 18.3 Å². The van der Waals surface area contributed by atoms with Crippen LogP contribution in [0, 0.1) is 5.92 Å². The number of methoxy groups -OCH3 is 1. The number of rotatable bonds is 7. The van der Waals surface area contributed by atoms with Crippen molar-refractivity contribution in [1.29, 1.82) is 0 Å². The summed E-state index contributed by atoms with van der Waals surface area (Å²) < 4.78 is 4.53. The monoisotopic (exact) mass is 202 g/mol. The van der Waals surface area contributed by atoms with Crippen molar-refractivity contribution in [1.82, 2.24) is 0 Å². The Hall–Kier alpha value is -1.06. The Bertz CT molecular complexity index is 189. The minimum atomic E-state index is -0.759. The predicted molar refractivity (Wildman–Crippen MR) is 51.9 cm³/mol. The lowest BCUT2D eigenvalue weighted by atomic mass is 10.00. The van der Waals surface area contributed by atoms with Crippen LogP contribution in [0.5, 0.6) is 0 Å². The van der Waals surface area contributed by atoms with E-state index in [4.69, 9.17) is 5.11 Å². The minimum Gasteiger partial charge on any atom is -0.481 e. The molecule has 0 aromatic rings. The maximum absolute atomic E-state index is 10.8. The molecule has 4 heteroatoms. The number of unbranched alkanes of at least 4 members (excludes halogenated alkanes) is 1. The lowest BCUT2D eigenvalue weighted by Gasteiger charge is -2.08. The zero-order valence-electron chi connectivity index (χ0n) is 8.78. The van der Waals surface area contributed by atoms with E-state index in [1.54, 1.807) is 0 Å². The van der Waals surface area contributed by atoms with E-state index in [0.717, 1.165) is 12.8 Å². The Morgan fingerprint density at radius 1 is 1.36 bits per heavy atom. The van der Waals surface area contributed by atoms with Crippen molar-refractivity contribution in [3.05, 3.63) is 0 Å². The van der Waals surface area contributed by atoms with Gasteiger partial charge in [0.25, 0.3) is 0 Å². The van der Waals surface area contributed by atoms with Crippen LogP contribution >= 0.6 is 0 Å². The van der Waals surface area contributed by atoms with Gasteiger partial charge in [0.2, 0.25) is 0 Å². The first kappa shape index (κ1) is 12.9. The molecule has 82 valence electrons. The quantitative estimate of drug-likeness (QED) is 0.505. The fourth-order valence-electron chi connectivity index (χ4n) is 1.24. The standard InChI is InChI=1S/C10H18O4/c1-8(7-10(13)14-2)5-3-4-6-9(11)12/h8H,3-7H2,1-2H3,(H,11,12)/t8-/m0/s1. The topological polar surface area (TPSA) is 63.6 Å². The number of carbonyl (C=O) groups excluding carboxylic acids is 1. The summed E-state index contributed by atoms with van der Waals surface area (Å²) in [5.41, 5.74) is 0. The van der Waals surface area contributed by atoms with Gasteiger partial charge in [0.1, 0.15) is 0 Å². The van der Waals surface area contributed by atoms with E-state index in [1.165, 1.54) is 7.11 Å². The Morgan fingerprint density at radius 3 is 2.50 bits per heavy atom. The highest BCUT2D eigenvalue weighted by Gasteiger charge is 2.08. The van der Waals surface area contributed by atoms with Crippen LogP contribution in [0.25, 0.3) is 0 Å². The van der Waals surface area contributed by atoms with Crippen molar-refractivity contribution in [2.24, 2.45) is 5.92 Å². The average molecular weight is 202 g/mol. The Kier molecular flexibility index (Phi) is 6.80. The third-order valence-corrected chi connectivity index (χ3v) is 2.08. The summed E-state index contributed by atoms with van der Waals surface area (Å²) in [6.07, 6.45) is 3.04. The molecule has 0 saturated heterocycles. The van der Waals surface area contributed by atoms with Gasteiger partial charge in [0, 0.05) is 12.8 Å². The van der Waals surface area contributed by atoms with Gasteiger partial charge in [0.05, 0.1) is 7.11 Å². The molecule has 0 spiro atoms. The largest absolute Gasteiger partial charge is 0.481 e. The number of ether oxygens (including phenoxy) is 1. The second kappa shape index (κ2) is 7.35. The first-order valence-corrected chi connectivity index (χ1v) is 4.85. The summed E-state index contributed by atoms with van der Waals surface area (Å²) in [6.45, 7) is 1.97. The molecule has 0 unspecified atom stereocenters. The van der Waals surface area contributed by atoms with E-state index in [2.05, 4.69) is 4.74 Å². The first-order valence-electron chi connectivity index (χ1n) is 4.85. The molecule has 0 aromatic heterocycles. The summed E-state index contributed by atoms with van der Waals surface area (Å²) in [4.78, 5) is 21.0. The lowest BCUT2D eigenvalue weighted by molar-refractivity contribution is -0.142. The van der Waals surface area contributed by atoms with E-state index >= 15 is 0 Å². The number of aliphatic carboxylic acids is 1. The molecule has 4 nitrogen and oxygen atoms in total. The van der Waals surface area contributed by atoms with Crippen molar-refractivity contribution in [3.63, 3.8) is 0 Å². The molecule has 0 bridgehead atoms. The van der Waals surface area contributed by atoms with Crippen LogP contribution < -0.4 is 0 Å². The number of hydrogen-bond donors (Lipinski definition) is 1.